The molecule has 2 rings (SSSR count). The summed E-state index contributed by atoms with van der Waals surface area (Å²) in [6.07, 6.45) is 2.20. The second-order valence-corrected chi connectivity index (χ2v) is 9.29. The molecule has 1 aromatic rings. The van der Waals surface area contributed by atoms with Gasteiger partial charge in [-0.05, 0) is 48.9 Å². The van der Waals surface area contributed by atoms with Crippen molar-refractivity contribution in [1.82, 2.24) is 10.0 Å². The summed E-state index contributed by atoms with van der Waals surface area (Å²) in [4.78, 5) is 1.07. The van der Waals surface area contributed by atoms with Gasteiger partial charge in [0.25, 0.3) is 0 Å². The van der Waals surface area contributed by atoms with Crippen LogP contribution in [0.3, 0.4) is 0 Å². The Morgan fingerprint density at radius 2 is 2.25 bits per heavy atom. The van der Waals surface area contributed by atoms with Crippen molar-refractivity contribution >= 4 is 33.1 Å². The Morgan fingerprint density at radius 1 is 1.40 bits per heavy atom. The van der Waals surface area contributed by atoms with E-state index in [0.717, 1.165) is 42.3 Å². The van der Waals surface area contributed by atoms with Crippen LogP contribution in [0.25, 0.3) is 0 Å². The summed E-state index contributed by atoms with van der Waals surface area (Å²) in [5, 5.41) is 3.29. The van der Waals surface area contributed by atoms with Gasteiger partial charge in [-0.3, -0.25) is 0 Å². The van der Waals surface area contributed by atoms with E-state index in [2.05, 4.69) is 17.0 Å². The molecule has 0 radical (unpaired) electrons. The lowest BCUT2D eigenvalue weighted by molar-refractivity contribution is 0.547. The van der Waals surface area contributed by atoms with Gasteiger partial charge in [-0.2, -0.15) is 11.8 Å². The monoisotopic (exact) mass is 334 g/mol. The fourth-order valence-electron chi connectivity index (χ4n) is 2.03. The van der Waals surface area contributed by atoms with Gasteiger partial charge in [-0.25, -0.2) is 13.1 Å². The molecule has 0 aromatic carbocycles. The number of sulfonamides is 1. The molecule has 1 aliphatic rings. The molecule has 20 heavy (non-hydrogen) atoms. The van der Waals surface area contributed by atoms with Crippen molar-refractivity contribution in [1.29, 1.82) is 0 Å². The van der Waals surface area contributed by atoms with Crippen molar-refractivity contribution in [3.8, 4) is 0 Å². The first-order valence-electron chi connectivity index (χ1n) is 6.98. The van der Waals surface area contributed by atoms with Gasteiger partial charge in [0.15, 0.2) is 0 Å². The summed E-state index contributed by atoms with van der Waals surface area (Å²) in [7, 11) is -3.33. The predicted octanol–water partition coefficient (Wildman–Crippen LogP) is 2.28. The number of rotatable bonds is 8. The molecule has 114 valence electrons. The van der Waals surface area contributed by atoms with E-state index in [9.17, 15) is 8.42 Å². The number of thiophene rings is 1. The number of hydrogen-bond acceptors (Lipinski definition) is 5. The van der Waals surface area contributed by atoms with Crippen LogP contribution in [0.4, 0.5) is 0 Å². The molecular weight excluding hydrogens is 312 g/mol. The lowest BCUT2D eigenvalue weighted by Gasteiger charge is -2.09. The summed E-state index contributed by atoms with van der Waals surface area (Å²) in [6, 6.07) is 3.60. The van der Waals surface area contributed by atoms with Crippen LogP contribution >= 0.6 is 23.1 Å². The van der Waals surface area contributed by atoms with Crippen LogP contribution in [-0.4, -0.2) is 33.0 Å². The molecule has 0 spiro atoms. The standard InChI is InChI=1S/C13H22N2O2S3/c1-2-6-14-9-12-3-4-13(19-12)20(16,17)15-8-11-5-7-18-10-11/h3-4,11,14-15H,2,5-10H2,1H3. The zero-order chi connectivity index (χ0) is 14.4. The molecule has 1 fully saturated rings. The highest BCUT2D eigenvalue weighted by atomic mass is 32.2. The van der Waals surface area contributed by atoms with E-state index in [4.69, 9.17) is 0 Å². The SMILES string of the molecule is CCCNCc1ccc(S(=O)(=O)NCC2CCSC2)s1. The zero-order valence-electron chi connectivity index (χ0n) is 11.7. The van der Waals surface area contributed by atoms with E-state index >= 15 is 0 Å². The summed E-state index contributed by atoms with van der Waals surface area (Å²) in [5.74, 6) is 2.71. The number of thioether (sulfide) groups is 1. The van der Waals surface area contributed by atoms with Crippen LogP contribution in [0.2, 0.25) is 0 Å². The average Bonchev–Trinajstić information content (AvgIpc) is 3.08. The molecule has 4 nitrogen and oxygen atoms in total. The summed E-state index contributed by atoms with van der Waals surface area (Å²) < 4.78 is 27.6. The van der Waals surface area contributed by atoms with Crippen LogP contribution < -0.4 is 10.0 Å². The molecule has 1 saturated heterocycles. The largest absolute Gasteiger partial charge is 0.312 e. The van der Waals surface area contributed by atoms with Gasteiger partial charge < -0.3 is 5.32 Å². The third-order valence-electron chi connectivity index (χ3n) is 3.21. The quantitative estimate of drug-likeness (QED) is 0.716. The van der Waals surface area contributed by atoms with E-state index in [0.29, 0.717) is 16.7 Å². The van der Waals surface area contributed by atoms with Gasteiger partial charge in [-0.1, -0.05) is 6.92 Å². The van der Waals surface area contributed by atoms with Gasteiger partial charge in [0, 0.05) is 18.0 Å². The van der Waals surface area contributed by atoms with Gasteiger partial charge >= 0.3 is 0 Å². The smallest absolute Gasteiger partial charge is 0.250 e. The Hall–Kier alpha value is -0.0800. The highest BCUT2D eigenvalue weighted by Crippen LogP contribution is 2.24. The Labute approximate surface area is 129 Å². The minimum Gasteiger partial charge on any atom is -0.312 e. The molecule has 2 heterocycles. The molecular formula is C13H22N2O2S3. The summed E-state index contributed by atoms with van der Waals surface area (Å²) in [5.41, 5.74) is 0. The highest BCUT2D eigenvalue weighted by molar-refractivity contribution is 7.99. The van der Waals surface area contributed by atoms with Crippen LogP contribution in [0.1, 0.15) is 24.6 Å². The van der Waals surface area contributed by atoms with Crippen LogP contribution in [0, 0.1) is 5.92 Å². The maximum absolute atomic E-state index is 12.2. The van der Waals surface area contributed by atoms with E-state index in [1.54, 1.807) is 6.07 Å². The Bertz CT molecular complexity index is 507. The Morgan fingerprint density at radius 3 is 2.95 bits per heavy atom. The van der Waals surface area contributed by atoms with Crippen molar-refractivity contribution in [2.45, 2.75) is 30.5 Å². The molecule has 1 unspecified atom stereocenters. The molecule has 1 aliphatic heterocycles. The lowest BCUT2D eigenvalue weighted by Crippen LogP contribution is -2.28. The maximum Gasteiger partial charge on any atom is 0.250 e. The van der Waals surface area contributed by atoms with E-state index in [1.807, 2.05) is 17.8 Å². The van der Waals surface area contributed by atoms with Crippen LogP contribution in [0.15, 0.2) is 16.3 Å². The predicted molar refractivity (Wildman–Crippen MR) is 86.9 cm³/mol. The van der Waals surface area contributed by atoms with Crippen LogP contribution in [-0.2, 0) is 16.6 Å². The normalized spacial score (nSPS) is 19.6. The lowest BCUT2D eigenvalue weighted by atomic mass is 10.1. The second kappa shape index (κ2) is 7.79. The summed E-state index contributed by atoms with van der Waals surface area (Å²) in [6.45, 7) is 4.38. The second-order valence-electron chi connectivity index (χ2n) is 4.98. The van der Waals surface area contributed by atoms with Crippen LogP contribution in [0.5, 0.6) is 0 Å². The number of nitrogens with one attached hydrogen (secondary N) is 2. The van der Waals surface area contributed by atoms with Crippen molar-refractivity contribution in [3.63, 3.8) is 0 Å². The molecule has 0 aliphatic carbocycles. The molecule has 1 atom stereocenters. The zero-order valence-corrected chi connectivity index (χ0v) is 14.2. The average molecular weight is 335 g/mol. The minimum absolute atomic E-state index is 0.427. The third kappa shape index (κ3) is 4.73. The first kappa shape index (κ1) is 16.3. The van der Waals surface area contributed by atoms with Gasteiger partial charge in [0.1, 0.15) is 4.21 Å². The van der Waals surface area contributed by atoms with Crippen molar-refractivity contribution in [2.24, 2.45) is 5.92 Å². The molecule has 7 heteroatoms. The molecule has 1 aromatic heterocycles. The van der Waals surface area contributed by atoms with Gasteiger partial charge in [0.2, 0.25) is 10.0 Å². The third-order valence-corrected chi connectivity index (χ3v) is 7.45. The van der Waals surface area contributed by atoms with Gasteiger partial charge in [-0.15, -0.1) is 11.3 Å². The number of hydrogen-bond donors (Lipinski definition) is 2. The highest BCUT2D eigenvalue weighted by Gasteiger charge is 2.21. The maximum atomic E-state index is 12.2. The van der Waals surface area contributed by atoms with Gasteiger partial charge in [0.05, 0.1) is 0 Å². The van der Waals surface area contributed by atoms with Crippen molar-refractivity contribution in [3.05, 3.63) is 17.0 Å². The van der Waals surface area contributed by atoms with E-state index in [-0.39, 0.29) is 0 Å². The van der Waals surface area contributed by atoms with Crippen molar-refractivity contribution in [2.75, 3.05) is 24.6 Å². The molecule has 0 bridgehead atoms. The first-order valence-corrected chi connectivity index (χ1v) is 10.4. The minimum atomic E-state index is -3.33. The Kier molecular flexibility index (Phi) is 6.35. The topological polar surface area (TPSA) is 58.2 Å². The van der Waals surface area contributed by atoms with Crippen molar-refractivity contribution < 1.29 is 8.42 Å². The fourth-order valence-corrected chi connectivity index (χ4v) is 5.80. The fraction of sp³-hybridized carbons (Fsp3) is 0.692. The Balaban J connectivity index is 1.88. The first-order chi connectivity index (χ1) is 9.62. The molecule has 0 saturated carbocycles. The molecule has 2 N–H and O–H groups in total. The molecule has 0 amide bonds. The summed E-state index contributed by atoms with van der Waals surface area (Å²) >= 11 is 3.26. The van der Waals surface area contributed by atoms with E-state index < -0.39 is 10.0 Å². The van der Waals surface area contributed by atoms with E-state index in [1.165, 1.54) is 11.3 Å².